The van der Waals surface area contributed by atoms with Crippen LogP contribution in [0, 0.1) is 0 Å². The van der Waals surface area contributed by atoms with Gasteiger partial charge in [-0.05, 0) is 6.92 Å². The van der Waals surface area contributed by atoms with Crippen LogP contribution >= 0.6 is 11.6 Å². The lowest BCUT2D eigenvalue weighted by molar-refractivity contribution is -0.157. The van der Waals surface area contributed by atoms with Gasteiger partial charge in [0, 0.05) is 19.0 Å². The Morgan fingerprint density at radius 3 is 2.39 bits per heavy atom. The summed E-state index contributed by atoms with van der Waals surface area (Å²) in [6.45, 7) is 0.888. The lowest BCUT2D eigenvalue weighted by atomic mass is 9.97. The van der Waals surface area contributed by atoms with Crippen molar-refractivity contribution < 1.29 is 28.2 Å². The Bertz CT molecular complexity index is 482. The summed E-state index contributed by atoms with van der Waals surface area (Å²) in [7, 11) is 1.19. The van der Waals surface area contributed by atoms with Crippen LogP contribution in [0.1, 0.15) is 18.2 Å². The zero-order valence-corrected chi connectivity index (χ0v) is 10.2. The molecule has 0 aliphatic carbocycles. The molecule has 18 heavy (non-hydrogen) atoms. The Kier molecular flexibility index (Phi) is 3.64. The molecule has 5 nitrogen and oxygen atoms in total. The number of halogens is 4. The highest BCUT2D eigenvalue weighted by atomic mass is 35.5. The van der Waals surface area contributed by atoms with Gasteiger partial charge in [-0.2, -0.15) is 18.3 Å². The quantitative estimate of drug-likeness (QED) is 0.882. The van der Waals surface area contributed by atoms with Crippen molar-refractivity contribution in [3.8, 4) is 0 Å². The molecule has 0 fully saturated rings. The van der Waals surface area contributed by atoms with Crippen LogP contribution in [0.4, 0.5) is 13.2 Å². The van der Waals surface area contributed by atoms with E-state index in [2.05, 4.69) is 5.10 Å². The second kappa shape index (κ2) is 4.43. The molecule has 1 aromatic heterocycles. The van der Waals surface area contributed by atoms with Gasteiger partial charge in [0.2, 0.25) is 0 Å². The van der Waals surface area contributed by atoms with E-state index < -0.39 is 35.4 Å². The number of carbonyl (C=O) groups is 1. The second-order valence-electron chi connectivity index (χ2n) is 4.00. The number of aliphatic hydroxyl groups is 1. The number of rotatable bonds is 3. The van der Waals surface area contributed by atoms with Crippen LogP contribution < -0.4 is 0 Å². The summed E-state index contributed by atoms with van der Waals surface area (Å²) in [5.74, 6) is -1.64. The third-order valence-corrected chi connectivity index (χ3v) is 2.79. The van der Waals surface area contributed by atoms with E-state index in [4.69, 9.17) is 16.7 Å². The normalized spacial score (nSPS) is 15.5. The first-order valence-corrected chi connectivity index (χ1v) is 5.09. The van der Waals surface area contributed by atoms with E-state index in [1.54, 1.807) is 0 Å². The Morgan fingerprint density at radius 1 is 1.50 bits per heavy atom. The largest absolute Gasteiger partial charge is 0.479 e. The van der Waals surface area contributed by atoms with Crippen LogP contribution in [0.15, 0.2) is 0 Å². The number of hydrogen-bond donors (Lipinski definition) is 2. The summed E-state index contributed by atoms with van der Waals surface area (Å²) in [4.78, 5) is 10.7. The third-order valence-electron chi connectivity index (χ3n) is 2.32. The summed E-state index contributed by atoms with van der Waals surface area (Å²) in [5.41, 5.74) is -4.19. The highest BCUT2D eigenvalue weighted by Gasteiger charge is 2.42. The molecule has 0 aromatic carbocycles. The molecule has 0 aliphatic rings. The molecule has 0 saturated carbocycles. The summed E-state index contributed by atoms with van der Waals surface area (Å²) < 4.78 is 38.7. The zero-order chi connectivity index (χ0) is 14.3. The predicted octanol–water partition coefficient (Wildman–Crippen LogP) is 1.47. The van der Waals surface area contributed by atoms with E-state index in [0.29, 0.717) is 0 Å². The number of carboxylic acid groups (broad SMARTS) is 1. The highest BCUT2D eigenvalue weighted by Crippen LogP contribution is 2.35. The number of alkyl halides is 3. The van der Waals surface area contributed by atoms with Gasteiger partial charge in [0.05, 0.1) is 0 Å². The topological polar surface area (TPSA) is 75.3 Å². The average Bonchev–Trinajstić information content (AvgIpc) is 2.44. The molecule has 0 spiro atoms. The molecular formula is C9H10ClF3N2O3. The van der Waals surface area contributed by atoms with E-state index in [9.17, 15) is 23.1 Å². The Labute approximate surface area is 105 Å². The fourth-order valence-corrected chi connectivity index (χ4v) is 1.55. The molecule has 0 saturated heterocycles. The number of aromatic nitrogens is 2. The summed E-state index contributed by atoms with van der Waals surface area (Å²) in [5, 5.41) is 21.0. The van der Waals surface area contributed by atoms with Crippen molar-refractivity contribution in [2.75, 3.05) is 0 Å². The average molecular weight is 287 g/mol. The third kappa shape index (κ3) is 2.75. The molecule has 1 atom stereocenters. The maximum Gasteiger partial charge on any atom is 0.435 e. The van der Waals surface area contributed by atoms with Crippen LogP contribution in [0.25, 0.3) is 0 Å². The zero-order valence-electron chi connectivity index (χ0n) is 9.42. The molecule has 1 heterocycles. The standard InChI is InChI=1S/C9H10ClF3N2O3/c1-8(18,7(16)17)3-4-5(9(11,12)13)14-15(2)6(4)10/h18H,3H2,1-2H3,(H,16,17). The van der Waals surface area contributed by atoms with Gasteiger partial charge in [0.25, 0.3) is 0 Å². The van der Waals surface area contributed by atoms with Gasteiger partial charge in [-0.15, -0.1) is 0 Å². The van der Waals surface area contributed by atoms with Crippen molar-refractivity contribution >= 4 is 17.6 Å². The first-order chi connectivity index (χ1) is 7.97. The maximum absolute atomic E-state index is 12.7. The molecular weight excluding hydrogens is 277 g/mol. The Morgan fingerprint density at radius 2 is 2.00 bits per heavy atom. The molecule has 0 radical (unpaired) electrons. The minimum Gasteiger partial charge on any atom is -0.479 e. The van der Waals surface area contributed by atoms with E-state index in [0.717, 1.165) is 11.6 Å². The van der Waals surface area contributed by atoms with Crippen LogP contribution in [0.2, 0.25) is 5.15 Å². The number of aryl methyl sites for hydroxylation is 1. The Balaban J connectivity index is 3.28. The first kappa shape index (κ1) is 14.8. The minimum atomic E-state index is -4.77. The van der Waals surface area contributed by atoms with Crippen molar-refractivity contribution in [1.82, 2.24) is 9.78 Å². The van der Waals surface area contributed by atoms with Crippen molar-refractivity contribution in [3.63, 3.8) is 0 Å². The predicted molar refractivity (Wildman–Crippen MR) is 55.2 cm³/mol. The maximum atomic E-state index is 12.7. The van der Waals surface area contributed by atoms with E-state index in [1.165, 1.54) is 7.05 Å². The van der Waals surface area contributed by atoms with Gasteiger partial charge in [0.1, 0.15) is 5.15 Å². The molecule has 9 heteroatoms. The monoisotopic (exact) mass is 286 g/mol. The fraction of sp³-hybridized carbons (Fsp3) is 0.556. The van der Waals surface area contributed by atoms with Crippen LogP contribution in [0.5, 0.6) is 0 Å². The molecule has 0 aliphatic heterocycles. The molecule has 1 unspecified atom stereocenters. The number of carboxylic acids is 1. The number of nitrogens with zero attached hydrogens (tertiary/aromatic N) is 2. The van der Waals surface area contributed by atoms with Gasteiger partial charge in [-0.1, -0.05) is 11.6 Å². The van der Waals surface area contributed by atoms with E-state index >= 15 is 0 Å². The smallest absolute Gasteiger partial charge is 0.435 e. The van der Waals surface area contributed by atoms with Gasteiger partial charge >= 0.3 is 12.1 Å². The van der Waals surface area contributed by atoms with E-state index in [-0.39, 0.29) is 5.15 Å². The van der Waals surface area contributed by atoms with Crippen LogP contribution in [0.3, 0.4) is 0 Å². The van der Waals surface area contributed by atoms with Crippen LogP contribution in [-0.4, -0.2) is 31.6 Å². The lowest BCUT2D eigenvalue weighted by Gasteiger charge is -2.18. The Hall–Kier alpha value is -1.28. The van der Waals surface area contributed by atoms with Crippen molar-refractivity contribution in [3.05, 3.63) is 16.4 Å². The number of hydrogen-bond acceptors (Lipinski definition) is 3. The van der Waals surface area contributed by atoms with Gasteiger partial charge < -0.3 is 10.2 Å². The number of aliphatic carboxylic acids is 1. The second-order valence-corrected chi connectivity index (χ2v) is 4.35. The minimum absolute atomic E-state index is 0.358. The SMILES string of the molecule is Cn1nc(C(F)(F)F)c(CC(C)(O)C(=O)O)c1Cl. The van der Waals surface area contributed by atoms with Gasteiger partial charge in [-0.25, -0.2) is 4.79 Å². The van der Waals surface area contributed by atoms with Crippen molar-refractivity contribution in [2.45, 2.75) is 25.1 Å². The molecule has 0 amide bonds. The summed E-state index contributed by atoms with van der Waals surface area (Å²) in [6.07, 6.45) is -5.56. The summed E-state index contributed by atoms with van der Waals surface area (Å²) in [6, 6.07) is 0. The van der Waals surface area contributed by atoms with Crippen LogP contribution in [-0.2, 0) is 24.4 Å². The van der Waals surface area contributed by atoms with Crippen molar-refractivity contribution in [1.29, 1.82) is 0 Å². The molecule has 102 valence electrons. The van der Waals surface area contributed by atoms with Crippen molar-refractivity contribution in [2.24, 2.45) is 7.05 Å². The molecule has 1 aromatic rings. The molecule has 0 bridgehead atoms. The summed E-state index contributed by atoms with van der Waals surface area (Å²) >= 11 is 5.63. The highest BCUT2D eigenvalue weighted by molar-refractivity contribution is 6.30. The first-order valence-electron chi connectivity index (χ1n) is 4.71. The molecule has 2 N–H and O–H groups in total. The van der Waals surface area contributed by atoms with Gasteiger partial charge in [0.15, 0.2) is 11.3 Å². The fourth-order valence-electron chi connectivity index (χ4n) is 1.35. The molecule has 1 rings (SSSR count). The van der Waals surface area contributed by atoms with E-state index in [1.807, 2.05) is 0 Å². The van der Waals surface area contributed by atoms with Gasteiger partial charge in [-0.3, -0.25) is 4.68 Å². The lowest BCUT2D eigenvalue weighted by Crippen LogP contribution is -2.37.